The van der Waals surface area contributed by atoms with Crippen molar-refractivity contribution in [3.8, 4) is 0 Å². The SMILES string of the molecule is C[C@@H]1CCCCN1S(=O)(=O)c1ccc(S(=O)(=O)N(CC(=O)Nc2ccccc2)C2CCCC2)cc1. The van der Waals surface area contributed by atoms with Gasteiger partial charge in [0, 0.05) is 24.3 Å². The van der Waals surface area contributed by atoms with Crippen LogP contribution in [0.15, 0.2) is 64.4 Å². The zero-order valence-corrected chi connectivity index (χ0v) is 21.6. The third-order valence-corrected chi connectivity index (χ3v) is 10.8. The summed E-state index contributed by atoms with van der Waals surface area (Å²) in [6.07, 6.45) is 5.82. The summed E-state index contributed by atoms with van der Waals surface area (Å²) < 4.78 is 56.3. The molecule has 0 radical (unpaired) electrons. The van der Waals surface area contributed by atoms with E-state index in [-0.39, 0.29) is 28.4 Å². The van der Waals surface area contributed by atoms with Gasteiger partial charge in [0.1, 0.15) is 0 Å². The molecule has 0 unspecified atom stereocenters. The first kappa shape index (κ1) is 25.8. The summed E-state index contributed by atoms with van der Waals surface area (Å²) in [5.41, 5.74) is 0.600. The van der Waals surface area contributed by atoms with Gasteiger partial charge in [-0.15, -0.1) is 0 Å². The number of nitrogens with zero attached hydrogens (tertiary/aromatic N) is 2. The zero-order chi connectivity index (χ0) is 25.1. The molecule has 1 aliphatic carbocycles. The molecule has 2 fully saturated rings. The molecule has 35 heavy (non-hydrogen) atoms. The fourth-order valence-electron chi connectivity index (χ4n) is 4.95. The molecule has 2 aliphatic rings. The van der Waals surface area contributed by atoms with Gasteiger partial charge in [0.15, 0.2) is 0 Å². The number of rotatable bonds is 8. The van der Waals surface area contributed by atoms with Crippen molar-refractivity contribution in [1.82, 2.24) is 8.61 Å². The fraction of sp³-hybridized carbons (Fsp3) is 0.480. The number of sulfonamides is 2. The summed E-state index contributed by atoms with van der Waals surface area (Å²) in [7, 11) is -7.71. The number of carbonyl (C=O) groups excluding carboxylic acids is 1. The molecule has 2 aromatic carbocycles. The molecular formula is C25H33N3O5S2. The fourth-order valence-corrected chi connectivity index (χ4v) is 8.29. The number of hydrogen-bond acceptors (Lipinski definition) is 5. The Morgan fingerprint density at radius 2 is 1.49 bits per heavy atom. The van der Waals surface area contributed by atoms with Crippen molar-refractivity contribution < 1.29 is 21.6 Å². The highest BCUT2D eigenvalue weighted by Gasteiger charge is 2.36. The van der Waals surface area contributed by atoms with E-state index in [4.69, 9.17) is 0 Å². The Morgan fingerprint density at radius 1 is 0.886 bits per heavy atom. The second-order valence-corrected chi connectivity index (χ2v) is 13.1. The minimum Gasteiger partial charge on any atom is -0.325 e. The molecule has 1 saturated carbocycles. The molecule has 8 nitrogen and oxygen atoms in total. The van der Waals surface area contributed by atoms with E-state index in [0.717, 1.165) is 32.1 Å². The minimum atomic E-state index is -4.01. The van der Waals surface area contributed by atoms with Gasteiger partial charge < -0.3 is 5.32 Å². The standard InChI is InChI=1S/C25H33N3O5S2/c1-20-9-7-8-18-27(20)34(30,31)23-14-16-24(17-15-23)35(32,33)28(22-12-5-6-13-22)19-25(29)26-21-10-3-2-4-11-21/h2-4,10-11,14-17,20,22H,5-9,12-13,18-19H2,1H3,(H,26,29)/t20-/m1/s1. The number of piperidine rings is 1. The van der Waals surface area contributed by atoms with Gasteiger partial charge in [0.2, 0.25) is 26.0 Å². The van der Waals surface area contributed by atoms with Crippen LogP contribution < -0.4 is 5.32 Å². The van der Waals surface area contributed by atoms with Crippen molar-refractivity contribution in [3.05, 3.63) is 54.6 Å². The highest BCUT2D eigenvalue weighted by molar-refractivity contribution is 7.89. The topological polar surface area (TPSA) is 104 Å². The molecular weight excluding hydrogens is 486 g/mol. The Balaban J connectivity index is 1.56. The van der Waals surface area contributed by atoms with Crippen LogP contribution in [0.3, 0.4) is 0 Å². The monoisotopic (exact) mass is 519 g/mol. The van der Waals surface area contributed by atoms with Gasteiger partial charge in [0.05, 0.1) is 16.3 Å². The Labute approximate surface area is 208 Å². The number of carbonyl (C=O) groups is 1. The van der Waals surface area contributed by atoms with E-state index in [1.54, 1.807) is 24.3 Å². The highest BCUT2D eigenvalue weighted by Crippen LogP contribution is 2.30. The van der Waals surface area contributed by atoms with Crippen LogP contribution in [0.5, 0.6) is 0 Å². The molecule has 1 N–H and O–H groups in total. The van der Waals surface area contributed by atoms with Crippen LogP contribution in [-0.2, 0) is 24.8 Å². The van der Waals surface area contributed by atoms with Crippen molar-refractivity contribution in [2.24, 2.45) is 0 Å². The number of nitrogens with one attached hydrogen (secondary N) is 1. The number of hydrogen-bond donors (Lipinski definition) is 1. The second-order valence-electron chi connectivity index (χ2n) is 9.33. The summed E-state index contributed by atoms with van der Waals surface area (Å²) >= 11 is 0. The molecule has 10 heteroatoms. The lowest BCUT2D eigenvalue weighted by molar-refractivity contribution is -0.116. The van der Waals surface area contributed by atoms with E-state index >= 15 is 0 Å². The van der Waals surface area contributed by atoms with Gasteiger partial charge >= 0.3 is 0 Å². The summed E-state index contributed by atoms with van der Waals surface area (Å²) in [6, 6.07) is 14.0. The molecule has 1 saturated heterocycles. The molecule has 2 aromatic rings. The quantitative estimate of drug-likeness (QED) is 0.571. The summed E-state index contributed by atoms with van der Waals surface area (Å²) in [6.45, 7) is 2.07. The third-order valence-electron chi connectivity index (χ3n) is 6.87. The van der Waals surface area contributed by atoms with E-state index in [0.29, 0.717) is 25.1 Å². The largest absolute Gasteiger partial charge is 0.325 e. The van der Waals surface area contributed by atoms with Crippen molar-refractivity contribution in [1.29, 1.82) is 0 Å². The average molecular weight is 520 g/mol. The van der Waals surface area contributed by atoms with Crippen LogP contribution in [-0.4, -0.2) is 56.5 Å². The maximum absolute atomic E-state index is 13.6. The van der Waals surface area contributed by atoms with Crippen molar-refractivity contribution in [2.75, 3.05) is 18.4 Å². The predicted molar refractivity (Wildman–Crippen MR) is 135 cm³/mol. The van der Waals surface area contributed by atoms with Crippen LogP contribution in [0.2, 0.25) is 0 Å². The van der Waals surface area contributed by atoms with Gasteiger partial charge in [-0.2, -0.15) is 8.61 Å². The van der Waals surface area contributed by atoms with Gasteiger partial charge in [-0.1, -0.05) is 37.5 Å². The van der Waals surface area contributed by atoms with E-state index in [1.165, 1.54) is 32.9 Å². The molecule has 1 aliphatic heterocycles. The maximum Gasteiger partial charge on any atom is 0.243 e. The normalized spacial score (nSPS) is 20.2. The summed E-state index contributed by atoms with van der Waals surface area (Å²) in [5, 5.41) is 2.76. The van der Waals surface area contributed by atoms with Crippen LogP contribution >= 0.6 is 0 Å². The molecule has 4 rings (SSSR count). The van der Waals surface area contributed by atoms with E-state index in [1.807, 2.05) is 13.0 Å². The Bertz CT molecular complexity index is 1230. The number of anilines is 1. The van der Waals surface area contributed by atoms with Crippen LogP contribution in [0, 0.1) is 0 Å². The number of benzene rings is 2. The lowest BCUT2D eigenvalue weighted by Gasteiger charge is -2.32. The Hall–Kier alpha value is -2.27. The van der Waals surface area contributed by atoms with E-state index in [2.05, 4.69) is 5.32 Å². The van der Waals surface area contributed by atoms with E-state index < -0.39 is 26.0 Å². The maximum atomic E-state index is 13.6. The van der Waals surface area contributed by atoms with Gasteiger partial charge in [0.25, 0.3) is 0 Å². The Morgan fingerprint density at radius 3 is 2.11 bits per heavy atom. The highest BCUT2D eigenvalue weighted by atomic mass is 32.2. The van der Waals surface area contributed by atoms with Crippen molar-refractivity contribution >= 4 is 31.6 Å². The first-order chi connectivity index (χ1) is 16.7. The molecule has 190 valence electrons. The second kappa shape index (κ2) is 10.8. The zero-order valence-electron chi connectivity index (χ0n) is 20.0. The molecule has 1 amide bonds. The van der Waals surface area contributed by atoms with Crippen molar-refractivity contribution in [2.45, 2.75) is 73.7 Å². The lowest BCUT2D eigenvalue weighted by Crippen LogP contribution is -2.43. The Kier molecular flexibility index (Phi) is 7.95. The number of para-hydroxylation sites is 1. The molecule has 1 atom stereocenters. The summed E-state index contributed by atoms with van der Waals surface area (Å²) in [4.78, 5) is 12.8. The van der Waals surface area contributed by atoms with Crippen LogP contribution in [0.1, 0.15) is 51.9 Å². The van der Waals surface area contributed by atoms with Crippen LogP contribution in [0.4, 0.5) is 5.69 Å². The molecule has 0 bridgehead atoms. The average Bonchev–Trinajstić information content (AvgIpc) is 3.38. The smallest absolute Gasteiger partial charge is 0.243 e. The van der Waals surface area contributed by atoms with Gasteiger partial charge in [-0.3, -0.25) is 4.79 Å². The first-order valence-corrected chi connectivity index (χ1v) is 15.1. The molecule has 0 aromatic heterocycles. The van der Waals surface area contributed by atoms with Crippen LogP contribution in [0.25, 0.3) is 0 Å². The molecule has 0 spiro atoms. The minimum absolute atomic E-state index is 0.0115. The molecule has 1 heterocycles. The number of amides is 1. The van der Waals surface area contributed by atoms with Gasteiger partial charge in [-0.25, -0.2) is 16.8 Å². The third kappa shape index (κ3) is 5.77. The van der Waals surface area contributed by atoms with E-state index in [9.17, 15) is 21.6 Å². The predicted octanol–water partition coefficient (Wildman–Crippen LogP) is 3.82. The van der Waals surface area contributed by atoms with Gasteiger partial charge in [-0.05, 0) is 69.0 Å². The lowest BCUT2D eigenvalue weighted by atomic mass is 10.1. The first-order valence-electron chi connectivity index (χ1n) is 12.2. The van der Waals surface area contributed by atoms with Crippen molar-refractivity contribution in [3.63, 3.8) is 0 Å². The summed E-state index contributed by atoms with van der Waals surface area (Å²) in [5.74, 6) is -0.412.